The lowest BCUT2D eigenvalue weighted by molar-refractivity contribution is 0.151. The summed E-state index contributed by atoms with van der Waals surface area (Å²) in [5, 5.41) is 2.94. The highest BCUT2D eigenvalue weighted by atomic mass is 16.5. The normalized spacial score (nSPS) is 15.8. The summed E-state index contributed by atoms with van der Waals surface area (Å²) in [7, 11) is 1.66. The first-order valence-electron chi connectivity index (χ1n) is 7.50. The Morgan fingerprint density at radius 2 is 1.95 bits per heavy atom. The van der Waals surface area contributed by atoms with Gasteiger partial charge in [-0.25, -0.2) is 4.79 Å². The number of carbonyl (C=O) groups is 1. The van der Waals surface area contributed by atoms with Crippen LogP contribution in [-0.2, 0) is 4.74 Å². The highest BCUT2D eigenvalue weighted by Crippen LogP contribution is 2.21. The van der Waals surface area contributed by atoms with Crippen molar-refractivity contribution in [2.75, 3.05) is 26.8 Å². The van der Waals surface area contributed by atoms with Gasteiger partial charge in [-0.1, -0.05) is 25.3 Å². The smallest absolute Gasteiger partial charge is 0.321 e. The number of ether oxygens (including phenoxy) is 1. The van der Waals surface area contributed by atoms with E-state index < -0.39 is 0 Å². The van der Waals surface area contributed by atoms with Crippen molar-refractivity contribution in [3.8, 4) is 0 Å². The molecule has 0 atom stereocenters. The molecule has 0 spiro atoms. The lowest BCUT2D eigenvalue weighted by Crippen LogP contribution is -2.40. The maximum atomic E-state index is 12.1. The summed E-state index contributed by atoms with van der Waals surface area (Å²) in [4.78, 5) is 13.9. The predicted molar refractivity (Wildman–Crippen MR) is 78.1 cm³/mol. The Hall–Kier alpha value is -1.03. The van der Waals surface area contributed by atoms with Gasteiger partial charge in [0, 0.05) is 26.4 Å². The van der Waals surface area contributed by atoms with Gasteiger partial charge in [0.25, 0.3) is 0 Å². The monoisotopic (exact) mass is 268 g/mol. The van der Waals surface area contributed by atoms with E-state index in [1.54, 1.807) is 7.11 Å². The van der Waals surface area contributed by atoms with Gasteiger partial charge in [0.15, 0.2) is 0 Å². The molecule has 0 unspecified atom stereocenters. The third-order valence-corrected chi connectivity index (χ3v) is 3.49. The van der Waals surface area contributed by atoms with Crippen LogP contribution in [0.2, 0.25) is 0 Å². The summed E-state index contributed by atoms with van der Waals surface area (Å²) in [5.74, 6) is 0. The number of hydrogen-bond donors (Lipinski definition) is 1. The molecule has 1 fully saturated rings. The molecule has 0 saturated heterocycles. The number of hydrogen-bond acceptors (Lipinski definition) is 2. The lowest BCUT2D eigenvalue weighted by Gasteiger charge is -2.21. The van der Waals surface area contributed by atoms with E-state index in [1.165, 1.54) is 31.3 Å². The quantitative estimate of drug-likeness (QED) is 0.751. The Bertz CT molecular complexity index is 280. The number of nitrogens with zero attached hydrogens (tertiary/aromatic N) is 1. The summed E-state index contributed by atoms with van der Waals surface area (Å²) in [6, 6.07) is -0.00403. The van der Waals surface area contributed by atoms with Crippen molar-refractivity contribution < 1.29 is 9.53 Å². The minimum Gasteiger partial charge on any atom is -0.383 e. The molecule has 1 aliphatic rings. The molecule has 4 nitrogen and oxygen atoms in total. The van der Waals surface area contributed by atoms with E-state index in [0.717, 1.165) is 25.8 Å². The van der Waals surface area contributed by atoms with Crippen molar-refractivity contribution in [2.24, 2.45) is 0 Å². The maximum absolute atomic E-state index is 12.1. The first-order chi connectivity index (χ1) is 9.27. The van der Waals surface area contributed by atoms with Gasteiger partial charge in [-0.05, 0) is 32.1 Å². The van der Waals surface area contributed by atoms with Crippen molar-refractivity contribution in [2.45, 2.75) is 51.9 Å². The van der Waals surface area contributed by atoms with E-state index in [1.807, 2.05) is 11.1 Å². The molecular weight excluding hydrogens is 240 g/mol. The van der Waals surface area contributed by atoms with Crippen molar-refractivity contribution in [3.63, 3.8) is 0 Å². The molecule has 110 valence electrons. The fourth-order valence-corrected chi connectivity index (χ4v) is 2.37. The second kappa shape index (κ2) is 9.84. The fraction of sp³-hybridized carbons (Fsp3) is 0.800. The van der Waals surface area contributed by atoms with Crippen molar-refractivity contribution in [1.29, 1.82) is 0 Å². The van der Waals surface area contributed by atoms with E-state index >= 15 is 0 Å². The summed E-state index contributed by atoms with van der Waals surface area (Å²) in [6.45, 7) is 4.10. The SMILES string of the molecule is CCCN(CCOC)C(=O)NC=C1CCCCCC1. The van der Waals surface area contributed by atoms with E-state index in [4.69, 9.17) is 4.74 Å². The summed E-state index contributed by atoms with van der Waals surface area (Å²) >= 11 is 0. The fourth-order valence-electron chi connectivity index (χ4n) is 2.37. The molecule has 0 heterocycles. The Kier molecular flexibility index (Phi) is 8.30. The van der Waals surface area contributed by atoms with E-state index in [2.05, 4.69) is 12.2 Å². The van der Waals surface area contributed by atoms with Crippen LogP contribution < -0.4 is 5.32 Å². The van der Waals surface area contributed by atoms with Crippen molar-refractivity contribution in [1.82, 2.24) is 10.2 Å². The Labute approximate surface area is 117 Å². The van der Waals surface area contributed by atoms with Gasteiger partial charge in [-0.2, -0.15) is 0 Å². The van der Waals surface area contributed by atoms with Crippen molar-refractivity contribution >= 4 is 6.03 Å². The van der Waals surface area contributed by atoms with Crippen LogP contribution in [0.3, 0.4) is 0 Å². The molecule has 1 N–H and O–H groups in total. The number of rotatable bonds is 6. The third-order valence-electron chi connectivity index (χ3n) is 3.49. The molecule has 4 heteroatoms. The molecule has 1 saturated carbocycles. The van der Waals surface area contributed by atoms with Gasteiger partial charge in [-0.3, -0.25) is 0 Å². The van der Waals surface area contributed by atoms with Gasteiger partial charge in [0.2, 0.25) is 0 Å². The number of amides is 2. The second-order valence-corrected chi connectivity index (χ2v) is 5.15. The summed E-state index contributed by atoms with van der Waals surface area (Å²) < 4.78 is 5.04. The second-order valence-electron chi connectivity index (χ2n) is 5.15. The number of methoxy groups -OCH3 is 1. The molecule has 1 aliphatic carbocycles. The molecule has 0 aliphatic heterocycles. The first-order valence-corrected chi connectivity index (χ1v) is 7.50. The zero-order chi connectivity index (χ0) is 13.9. The maximum Gasteiger partial charge on any atom is 0.321 e. The van der Waals surface area contributed by atoms with Crippen LogP contribution in [0, 0.1) is 0 Å². The minimum atomic E-state index is -0.00403. The Morgan fingerprint density at radius 3 is 2.53 bits per heavy atom. The van der Waals surface area contributed by atoms with Gasteiger partial charge >= 0.3 is 6.03 Å². The number of nitrogens with one attached hydrogen (secondary N) is 1. The largest absolute Gasteiger partial charge is 0.383 e. The van der Waals surface area contributed by atoms with Crippen molar-refractivity contribution in [3.05, 3.63) is 11.8 Å². The highest BCUT2D eigenvalue weighted by Gasteiger charge is 2.11. The highest BCUT2D eigenvalue weighted by molar-refractivity contribution is 5.75. The molecule has 19 heavy (non-hydrogen) atoms. The standard InChI is InChI=1S/C15H28N2O2/c1-3-10-17(11-12-19-2)15(18)16-13-14-8-6-4-5-7-9-14/h13H,3-12H2,1-2H3,(H,16,18). The van der Waals surface area contributed by atoms with Gasteiger partial charge in [-0.15, -0.1) is 0 Å². The summed E-state index contributed by atoms with van der Waals surface area (Å²) in [5.41, 5.74) is 1.38. The molecule has 0 radical (unpaired) electrons. The topological polar surface area (TPSA) is 41.6 Å². The molecule has 0 aromatic carbocycles. The lowest BCUT2D eigenvalue weighted by atomic mass is 10.1. The average Bonchev–Trinajstić information content (AvgIpc) is 2.69. The van der Waals surface area contributed by atoms with Gasteiger partial charge in [0.1, 0.15) is 0 Å². The van der Waals surface area contributed by atoms with E-state index in [-0.39, 0.29) is 6.03 Å². The van der Waals surface area contributed by atoms with Crippen LogP contribution >= 0.6 is 0 Å². The molecule has 1 rings (SSSR count). The van der Waals surface area contributed by atoms with Crippen LogP contribution in [0.25, 0.3) is 0 Å². The van der Waals surface area contributed by atoms with Gasteiger partial charge in [0.05, 0.1) is 6.61 Å². The Balaban J connectivity index is 2.43. The van der Waals surface area contributed by atoms with E-state index in [9.17, 15) is 4.79 Å². The third kappa shape index (κ3) is 6.62. The van der Waals surface area contributed by atoms with Crippen LogP contribution in [0.4, 0.5) is 4.79 Å². The molecule has 0 aromatic rings. The number of allylic oxidation sites excluding steroid dienone is 1. The molecule has 2 amide bonds. The zero-order valence-corrected chi connectivity index (χ0v) is 12.4. The average molecular weight is 268 g/mol. The molecule has 0 bridgehead atoms. The minimum absolute atomic E-state index is 0.00403. The van der Waals surface area contributed by atoms with Crippen LogP contribution in [-0.4, -0.2) is 37.7 Å². The van der Waals surface area contributed by atoms with Crippen LogP contribution in [0.15, 0.2) is 11.8 Å². The summed E-state index contributed by atoms with van der Waals surface area (Å²) in [6.07, 6.45) is 10.3. The first kappa shape index (κ1) is 16.0. The van der Waals surface area contributed by atoms with E-state index in [0.29, 0.717) is 13.2 Å². The van der Waals surface area contributed by atoms with Crippen LogP contribution in [0.5, 0.6) is 0 Å². The molecular formula is C15H28N2O2. The van der Waals surface area contributed by atoms with Gasteiger partial charge < -0.3 is 15.0 Å². The zero-order valence-electron chi connectivity index (χ0n) is 12.4. The van der Waals surface area contributed by atoms with Crippen LogP contribution in [0.1, 0.15) is 51.9 Å². The number of urea groups is 1. The number of carbonyl (C=O) groups excluding carboxylic acids is 1. The molecule has 0 aromatic heterocycles. The Morgan fingerprint density at radius 1 is 1.26 bits per heavy atom. The predicted octanol–water partition coefficient (Wildman–Crippen LogP) is 3.29.